The van der Waals surface area contributed by atoms with E-state index in [1.165, 1.54) is 0 Å². The zero-order valence-corrected chi connectivity index (χ0v) is 9.97. The van der Waals surface area contributed by atoms with E-state index in [1.54, 1.807) is 4.31 Å². The summed E-state index contributed by atoms with van der Waals surface area (Å²) in [6.07, 6.45) is 0.690. The Morgan fingerprint density at radius 2 is 1.79 bits per heavy atom. The largest absolute Gasteiger partial charge is 0.309 e. The Hall–Kier alpha value is -0.130. The van der Waals surface area contributed by atoms with Gasteiger partial charge in [-0.25, -0.2) is 8.42 Å². The van der Waals surface area contributed by atoms with E-state index >= 15 is 0 Å². The fraction of sp³-hybridized carbons (Fsp3) is 1.00. The third-order valence-corrected chi connectivity index (χ3v) is 4.39. The lowest BCUT2D eigenvalue weighted by Gasteiger charge is -2.35. The Morgan fingerprint density at radius 3 is 2.21 bits per heavy atom. The normalized spacial score (nSPS) is 30.5. The lowest BCUT2D eigenvalue weighted by atomic mass is 10.2. The van der Waals surface area contributed by atoms with E-state index in [1.807, 2.05) is 20.8 Å². The maximum absolute atomic E-state index is 11.8. The predicted octanol–water partition coefficient (Wildman–Crippen LogP) is 0.408. The molecule has 0 aromatic rings. The second-order valence-corrected chi connectivity index (χ2v) is 6.19. The fourth-order valence-corrected chi connectivity index (χ4v) is 3.57. The Morgan fingerprint density at radius 1 is 1.29 bits per heavy atom. The van der Waals surface area contributed by atoms with Gasteiger partial charge in [-0.3, -0.25) is 0 Å². The van der Waals surface area contributed by atoms with E-state index in [-0.39, 0.29) is 17.8 Å². The first-order chi connectivity index (χ1) is 6.45. The molecule has 1 heterocycles. The maximum Gasteiger partial charge on any atom is 0.214 e. The monoisotopic (exact) mass is 220 g/mol. The predicted molar refractivity (Wildman–Crippen MR) is 57.7 cm³/mol. The van der Waals surface area contributed by atoms with Gasteiger partial charge in [-0.05, 0) is 20.3 Å². The van der Waals surface area contributed by atoms with Crippen LogP contribution in [0.5, 0.6) is 0 Å². The molecule has 4 nitrogen and oxygen atoms in total. The van der Waals surface area contributed by atoms with Crippen LogP contribution >= 0.6 is 0 Å². The summed E-state index contributed by atoms with van der Waals surface area (Å²) in [6, 6.07) is 0.510. The van der Waals surface area contributed by atoms with E-state index in [4.69, 9.17) is 0 Å². The molecule has 0 amide bonds. The van der Waals surface area contributed by atoms with Crippen LogP contribution in [0, 0.1) is 0 Å². The van der Waals surface area contributed by atoms with Crippen LogP contribution in [-0.4, -0.2) is 43.6 Å². The Kier molecular flexibility index (Phi) is 3.92. The molecule has 1 aliphatic rings. The quantitative estimate of drug-likeness (QED) is 0.749. The van der Waals surface area contributed by atoms with Crippen molar-refractivity contribution in [1.82, 2.24) is 9.62 Å². The molecule has 5 heteroatoms. The highest BCUT2D eigenvalue weighted by atomic mass is 32.2. The molecular weight excluding hydrogens is 200 g/mol. The molecule has 14 heavy (non-hydrogen) atoms. The van der Waals surface area contributed by atoms with Crippen molar-refractivity contribution in [2.75, 3.05) is 18.8 Å². The van der Waals surface area contributed by atoms with E-state index in [2.05, 4.69) is 5.32 Å². The number of rotatable bonds is 3. The smallest absolute Gasteiger partial charge is 0.214 e. The first kappa shape index (κ1) is 11.9. The molecule has 0 saturated carbocycles. The van der Waals surface area contributed by atoms with Crippen molar-refractivity contribution in [2.45, 2.75) is 39.3 Å². The van der Waals surface area contributed by atoms with Gasteiger partial charge in [0.05, 0.1) is 5.75 Å². The second kappa shape index (κ2) is 4.59. The third-order valence-electron chi connectivity index (χ3n) is 2.38. The highest BCUT2D eigenvalue weighted by molar-refractivity contribution is 7.89. The standard InChI is InChI=1S/C9H20N2O2S/c1-4-5-14(12,13)11-6-8(2)10-9(3)7-11/h8-10H,4-7H2,1-3H3. The summed E-state index contributed by atoms with van der Waals surface area (Å²) < 4.78 is 25.2. The number of nitrogens with zero attached hydrogens (tertiary/aromatic N) is 1. The summed E-state index contributed by atoms with van der Waals surface area (Å²) >= 11 is 0. The number of nitrogens with one attached hydrogen (secondary N) is 1. The zero-order chi connectivity index (χ0) is 10.8. The highest BCUT2D eigenvalue weighted by Gasteiger charge is 2.28. The van der Waals surface area contributed by atoms with Crippen molar-refractivity contribution in [3.8, 4) is 0 Å². The molecule has 1 N–H and O–H groups in total. The van der Waals surface area contributed by atoms with Gasteiger partial charge < -0.3 is 5.32 Å². The number of hydrogen-bond acceptors (Lipinski definition) is 3. The Balaban J connectivity index is 2.68. The first-order valence-electron chi connectivity index (χ1n) is 5.19. The minimum absolute atomic E-state index is 0.255. The van der Waals surface area contributed by atoms with Crippen LogP contribution in [-0.2, 0) is 10.0 Å². The molecule has 1 rings (SSSR count). The lowest BCUT2D eigenvalue weighted by molar-refractivity contribution is 0.263. The lowest BCUT2D eigenvalue weighted by Crippen LogP contribution is -2.56. The molecule has 2 unspecified atom stereocenters. The summed E-state index contributed by atoms with van der Waals surface area (Å²) in [5.41, 5.74) is 0. The minimum Gasteiger partial charge on any atom is -0.309 e. The van der Waals surface area contributed by atoms with Gasteiger partial charge >= 0.3 is 0 Å². The van der Waals surface area contributed by atoms with Gasteiger partial charge in [-0.15, -0.1) is 0 Å². The van der Waals surface area contributed by atoms with Crippen LogP contribution in [0.25, 0.3) is 0 Å². The Bertz CT molecular complexity index is 267. The third kappa shape index (κ3) is 2.93. The van der Waals surface area contributed by atoms with Crippen molar-refractivity contribution < 1.29 is 8.42 Å². The van der Waals surface area contributed by atoms with Crippen LogP contribution in [0.4, 0.5) is 0 Å². The van der Waals surface area contributed by atoms with Crippen LogP contribution < -0.4 is 5.32 Å². The summed E-state index contributed by atoms with van der Waals surface area (Å²) in [5, 5.41) is 3.32. The molecule has 2 atom stereocenters. The summed E-state index contributed by atoms with van der Waals surface area (Å²) in [4.78, 5) is 0. The van der Waals surface area contributed by atoms with Gasteiger partial charge in [0.2, 0.25) is 10.0 Å². The van der Waals surface area contributed by atoms with Crippen LogP contribution in [0.2, 0.25) is 0 Å². The average molecular weight is 220 g/mol. The second-order valence-electron chi connectivity index (χ2n) is 4.10. The molecule has 0 aromatic carbocycles. The van der Waals surface area contributed by atoms with Gasteiger partial charge in [-0.1, -0.05) is 6.92 Å². The molecule has 0 aliphatic carbocycles. The molecule has 1 saturated heterocycles. The summed E-state index contributed by atoms with van der Waals surface area (Å²) in [5.74, 6) is 0.270. The molecule has 0 radical (unpaired) electrons. The van der Waals surface area contributed by atoms with Crippen molar-refractivity contribution in [1.29, 1.82) is 0 Å². The average Bonchev–Trinajstić information content (AvgIpc) is 2.02. The SMILES string of the molecule is CCCS(=O)(=O)N1CC(C)NC(C)C1. The number of piperazine rings is 1. The molecule has 0 aromatic heterocycles. The summed E-state index contributed by atoms with van der Waals surface area (Å²) in [6.45, 7) is 7.14. The maximum atomic E-state index is 11.8. The van der Waals surface area contributed by atoms with Gasteiger partial charge in [-0.2, -0.15) is 4.31 Å². The van der Waals surface area contributed by atoms with Crippen molar-refractivity contribution >= 4 is 10.0 Å². The molecule has 0 spiro atoms. The Labute approximate surface area is 86.7 Å². The number of hydrogen-bond donors (Lipinski definition) is 1. The molecule has 1 fully saturated rings. The first-order valence-corrected chi connectivity index (χ1v) is 6.80. The van der Waals surface area contributed by atoms with E-state index in [9.17, 15) is 8.42 Å². The van der Waals surface area contributed by atoms with Gasteiger partial charge in [0, 0.05) is 25.2 Å². The van der Waals surface area contributed by atoms with E-state index in [0.29, 0.717) is 19.5 Å². The highest BCUT2D eigenvalue weighted by Crippen LogP contribution is 2.10. The van der Waals surface area contributed by atoms with E-state index in [0.717, 1.165) is 0 Å². The summed E-state index contributed by atoms with van der Waals surface area (Å²) in [7, 11) is -3.01. The topological polar surface area (TPSA) is 49.4 Å². The van der Waals surface area contributed by atoms with Gasteiger partial charge in [0.25, 0.3) is 0 Å². The molecule has 1 aliphatic heterocycles. The molecular formula is C9H20N2O2S. The van der Waals surface area contributed by atoms with E-state index < -0.39 is 10.0 Å². The number of sulfonamides is 1. The van der Waals surface area contributed by atoms with Crippen molar-refractivity contribution in [2.24, 2.45) is 0 Å². The molecule has 84 valence electrons. The van der Waals surface area contributed by atoms with Crippen LogP contribution in [0.3, 0.4) is 0 Å². The van der Waals surface area contributed by atoms with Gasteiger partial charge in [0.15, 0.2) is 0 Å². The van der Waals surface area contributed by atoms with Crippen LogP contribution in [0.1, 0.15) is 27.2 Å². The fourth-order valence-electron chi connectivity index (χ4n) is 1.89. The zero-order valence-electron chi connectivity index (χ0n) is 9.16. The van der Waals surface area contributed by atoms with Crippen LogP contribution in [0.15, 0.2) is 0 Å². The molecule has 0 bridgehead atoms. The van der Waals surface area contributed by atoms with Gasteiger partial charge in [0.1, 0.15) is 0 Å². The van der Waals surface area contributed by atoms with Crippen molar-refractivity contribution in [3.05, 3.63) is 0 Å². The minimum atomic E-state index is -3.01. The van der Waals surface area contributed by atoms with Crippen molar-refractivity contribution in [3.63, 3.8) is 0 Å².